The number of carbonyl (C=O) groups excluding carboxylic acids is 2. The van der Waals surface area contributed by atoms with Crippen molar-refractivity contribution in [3.05, 3.63) is 70.8 Å². The number of carbonyl (C=O) groups is 2. The lowest BCUT2D eigenvalue weighted by Crippen LogP contribution is -2.49. The van der Waals surface area contributed by atoms with E-state index in [4.69, 9.17) is 4.74 Å². The van der Waals surface area contributed by atoms with E-state index >= 15 is 0 Å². The number of amides is 1. The molecule has 0 saturated heterocycles. The first kappa shape index (κ1) is 14.7. The van der Waals surface area contributed by atoms with Crippen molar-refractivity contribution < 1.29 is 14.3 Å². The molecule has 4 rings (SSSR count). The van der Waals surface area contributed by atoms with Crippen molar-refractivity contribution in [1.29, 1.82) is 0 Å². The first-order valence-electron chi connectivity index (χ1n) is 7.92. The van der Waals surface area contributed by atoms with Gasteiger partial charge < -0.3 is 10.1 Å². The second kappa shape index (κ2) is 5.06. The summed E-state index contributed by atoms with van der Waals surface area (Å²) in [5.41, 5.74) is 3.97. The number of benzene rings is 2. The molecule has 0 bridgehead atoms. The highest BCUT2D eigenvalue weighted by molar-refractivity contribution is 6.20. The molecule has 2 heterocycles. The van der Waals surface area contributed by atoms with Gasteiger partial charge in [0.05, 0.1) is 5.69 Å². The van der Waals surface area contributed by atoms with Crippen molar-refractivity contribution in [2.45, 2.75) is 25.9 Å². The van der Waals surface area contributed by atoms with Crippen LogP contribution in [0.1, 0.15) is 22.3 Å². The number of fused-ring (bicyclic) bond motifs is 3. The van der Waals surface area contributed by atoms with Crippen LogP contribution in [0.5, 0.6) is 0 Å². The van der Waals surface area contributed by atoms with Gasteiger partial charge in [-0.1, -0.05) is 42.5 Å². The third-order valence-corrected chi connectivity index (χ3v) is 4.76. The number of hydrogen-bond donors (Lipinski definition) is 1. The standard InChI is InChI=1S/C20H17NO3/c1-12-8-9-13(2)18-17(12)15-10-16(22)24-20(15,19(23)21-18)11-14-6-4-3-5-7-14/h3-10H,11H2,1-2H3,(H,21,23). The molecule has 120 valence electrons. The van der Waals surface area contributed by atoms with Gasteiger partial charge in [0, 0.05) is 23.6 Å². The fourth-order valence-electron chi connectivity index (χ4n) is 3.56. The van der Waals surface area contributed by atoms with E-state index in [0.717, 1.165) is 27.9 Å². The number of anilines is 1. The van der Waals surface area contributed by atoms with Gasteiger partial charge in [-0.2, -0.15) is 0 Å². The summed E-state index contributed by atoms with van der Waals surface area (Å²) in [4.78, 5) is 25.0. The Morgan fingerprint density at radius 1 is 1.00 bits per heavy atom. The van der Waals surface area contributed by atoms with E-state index < -0.39 is 11.6 Å². The lowest BCUT2D eigenvalue weighted by Gasteiger charge is -2.36. The summed E-state index contributed by atoms with van der Waals surface area (Å²) in [7, 11) is 0. The average Bonchev–Trinajstić information content (AvgIpc) is 2.89. The molecule has 1 N–H and O–H groups in total. The monoisotopic (exact) mass is 319 g/mol. The quantitative estimate of drug-likeness (QED) is 0.865. The van der Waals surface area contributed by atoms with Crippen LogP contribution in [0.25, 0.3) is 5.57 Å². The Morgan fingerprint density at radius 3 is 2.46 bits per heavy atom. The Kier molecular flexibility index (Phi) is 3.10. The average molecular weight is 319 g/mol. The number of esters is 1. The van der Waals surface area contributed by atoms with Crippen molar-refractivity contribution in [2.24, 2.45) is 0 Å². The summed E-state index contributed by atoms with van der Waals surface area (Å²) >= 11 is 0. The van der Waals surface area contributed by atoms with E-state index in [9.17, 15) is 9.59 Å². The molecule has 0 radical (unpaired) electrons. The zero-order chi connectivity index (χ0) is 16.9. The zero-order valence-electron chi connectivity index (χ0n) is 13.6. The molecule has 0 spiro atoms. The first-order chi connectivity index (χ1) is 11.5. The molecule has 0 aliphatic carbocycles. The van der Waals surface area contributed by atoms with Gasteiger partial charge in [-0.3, -0.25) is 4.79 Å². The van der Waals surface area contributed by atoms with Crippen LogP contribution in [0.2, 0.25) is 0 Å². The number of ether oxygens (including phenoxy) is 1. The third-order valence-electron chi connectivity index (χ3n) is 4.76. The summed E-state index contributed by atoms with van der Waals surface area (Å²) in [6.45, 7) is 3.92. The van der Waals surface area contributed by atoms with Crippen molar-refractivity contribution in [2.75, 3.05) is 5.32 Å². The molecule has 1 atom stereocenters. The summed E-state index contributed by atoms with van der Waals surface area (Å²) in [5.74, 6) is -0.755. The van der Waals surface area contributed by atoms with Gasteiger partial charge in [-0.25, -0.2) is 4.79 Å². The van der Waals surface area contributed by atoms with Crippen LogP contribution in [-0.4, -0.2) is 17.5 Å². The Labute approximate surface area is 140 Å². The largest absolute Gasteiger partial charge is 0.440 e. The molecule has 4 nitrogen and oxygen atoms in total. The van der Waals surface area contributed by atoms with Gasteiger partial charge in [0.2, 0.25) is 5.60 Å². The number of hydrogen-bond acceptors (Lipinski definition) is 3. The van der Waals surface area contributed by atoms with Crippen LogP contribution < -0.4 is 5.32 Å². The van der Waals surface area contributed by atoms with Crippen LogP contribution >= 0.6 is 0 Å². The second-order valence-electron chi connectivity index (χ2n) is 6.37. The summed E-state index contributed by atoms with van der Waals surface area (Å²) in [6, 6.07) is 13.6. The Bertz CT molecular complexity index is 899. The highest BCUT2D eigenvalue weighted by Gasteiger charge is 2.54. The van der Waals surface area contributed by atoms with Crippen molar-refractivity contribution in [3.63, 3.8) is 0 Å². The van der Waals surface area contributed by atoms with E-state index in [0.29, 0.717) is 12.0 Å². The van der Waals surface area contributed by atoms with Gasteiger partial charge >= 0.3 is 5.97 Å². The van der Waals surface area contributed by atoms with Crippen LogP contribution in [0, 0.1) is 13.8 Å². The van der Waals surface area contributed by atoms with Gasteiger partial charge in [0.25, 0.3) is 5.91 Å². The molecule has 2 aromatic rings. The number of nitrogens with one attached hydrogen (secondary N) is 1. The molecular formula is C20H17NO3. The molecule has 0 fully saturated rings. The van der Waals surface area contributed by atoms with E-state index in [1.165, 1.54) is 6.08 Å². The lowest BCUT2D eigenvalue weighted by molar-refractivity contribution is -0.152. The topological polar surface area (TPSA) is 55.4 Å². The van der Waals surface area contributed by atoms with Gasteiger partial charge in [0.1, 0.15) is 0 Å². The van der Waals surface area contributed by atoms with E-state index in [1.807, 2.05) is 56.3 Å². The molecule has 0 aromatic heterocycles. The first-order valence-corrected chi connectivity index (χ1v) is 7.92. The highest BCUT2D eigenvalue weighted by Crippen LogP contribution is 2.47. The third kappa shape index (κ3) is 1.99. The van der Waals surface area contributed by atoms with Crippen molar-refractivity contribution in [3.8, 4) is 0 Å². The molecule has 2 aliphatic heterocycles. The minimum Gasteiger partial charge on any atom is -0.440 e. The molecule has 4 heteroatoms. The maximum absolute atomic E-state index is 12.9. The smallest absolute Gasteiger partial charge is 0.332 e. The van der Waals surface area contributed by atoms with E-state index in [1.54, 1.807) is 0 Å². The van der Waals surface area contributed by atoms with E-state index in [2.05, 4.69) is 5.32 Å². The van der Waals surface area contributed by atoms with Crippen LogP contribution in [0.3, 0.4) is 0 Å². The minimum absolute atomic E-state index is 0.287. The summed E-state index contributed by atoms with van der Waals surface area (Å²) in [5, 5.41) is 2.97. The lowest BCUT2D eigenvalue weighted by atomic mass is 9.78. The maximum atomic E-state index is 12.9. The SMILES string of the molecule is Cc1ccc(C)c2c1NC(=O)C1(Cc3ccccc3)OC(=O)C=C21. The molecule has 1 amide bonds. The highest BCUT2D eigenvalue weighted by atomic mass is 16.6. The predicted octanol–water partition coefficient (Wildman–Crippen LogP) is 3.18. The maximum Gasteiger partial charge on any atom is 0.332 e. The molecule has 24 heavy (non-hydrogen) atoms. The van der Waals surface area contributed by atoms with Gasteiger partial charge in [-0.05, 0) is 30.5 Å². The predicted molar refractivity (Wildman–Crippen MR) is 91.5 cm³/mol. The Balaban J connectivity index is 1.92. The van der Waals surface area contributed by atoms with Crippen LogP contribution in [0.4, 0.5) is 5.69 Å². The summed E-state index contributed by atoms with van der Waals surface area (Å²) < 4.78 is 5.58. The Hall–Kier alpha value is -2.88. The molecule has 2 aromatic carbocycles. The number of rotatable bonds is 2. The molecule has 0 saturated carbocycles. The van der Waals surface area contributed by atoms with Crippen LogP contribution in [-0.2, 0) is 20.7 Å². The normalized spacial score (nSPS) is 21.5. The van der Waals surface area contributed by atoms with Crippen molar-refractivity contribution >= 4 is 23.1 Å². The fourth-order valence-corrected chi connectivity index (χ4v) is 3.56. The molecular weight excluding hydrogens is 302 g/mol. The van der Waals surface area contributed by atoms with Gasteiger partial charge in [-0.15, -0.1) is 0 Å². The zero-order valence-corrected chi connectivity index (χ0v) is 13.6. The van der Waals surface area contributed by atoms with Gasteiger partial charge in [0.15, 0.2) is 0 Å². The minimum atomic E-state index is -1.29. The number of aryl methyl sites for hydroxylation is 2. The summed E-state index contributed by atoms with van der Waals surface area (Å²) in [6.07, 6.45) is 1.79. The van der Waals surface area contributed by atoms with E-state index in [-0.39, 0.29) is 5.91 Å². The Morgan fingerprint density at radius 2 is 1.71 bits per heavy atom. The second-order valence-corrected chi connectivity index (χ2v) is 6.37. The molecule has 2 aliphatic rings. The van der Waals surface area contributed by atoms with Crippen molar-refractivity contribution in [1.82, 2.24) is 0 Å². The van der Waals surface area contributed by atoms with Crippen LogP contribution in [0.15, 0.2) is 48.5 Å². The molecule has 1 unspecified atom stereocenters. The fraction of sp³-hybridized carbons (Fsp3) is 0.200.